The van der Waals surface area contributed by atoms with Crippen LogP contribution in [0.4, 0.5) is 5.69 Å². The molecule has 0 saturated carbocycles. The summed E-state index contributed by atoms with van der Waals surface area (Å²) in [7, 11) is 1.49. The van der Waals surface area contributed by atoms with Gasteiger partial charge in [0.2, 0.25) is 12.5 Å². The Labute approximate surface area is 159 Å². The molecule has 3 rings (SSSR count). The third kappa shape index (κ3) is 3.54. The minimum atomic E-state index is -0.640. The van der Waals surface area contributed by atoms with Crippen LogP contribution in [-0.4, -0.2) is 19.8 Å². The van der Waals surface area contributed by atoms with Gasteiger partial charge in [-0.05, 0) is 35.9 Å². The van der Waals surface area contributed by atoms with Crippen LogP contribution in [0.15, 0.2) is 35.9 Å². The number of amides is 1. The highest BCUT2D eigenvalue weighted by molar-refractivity contribution is 6.40. The number of hydrogen-bond donors (Lipinski definition) is 1. The van der Waals surface area contributed by atoms with Crippen molar-refractivity contribution in [3.8, 4) is 23.3 Å². The zero-order chi connectivity index (χ0) is 18.7. The van der Waals surface area contributed by atoms with Crippen LogP contribution in [0.3, 0.4) is 0 Å². The molecule has 26 heavy (non-hydrogen) atoms. The fourth-order valence-electron chi connectivity index (χ4n) is 2.35. The van der Waals surface area contributed by atoms with E-state index in [1.165, 1.54) is 13.2 Å². The molecule has 0 atom stereocenters. The van der Waals surface area contributed by atoms with Crippen molar-refractivity contribution < 1.29 is 19.0 Å². The topological polar surface area (TPSA) is 80.6 Å². The van der Waals surface area contributed by atoms with Gasteiger partial charge in [0.05, 0.1) is 22.8 Å². The average molecular weight is 391 g/mol. The van der Waals surface area contributed by atoms with Crippen LogP contribution < -0.4 is 19.5 Å². The second kappa shape index (κ2) is 7.56. The van der Waals surface area contributed by atoms with Crippen LogP contribution >= 0.6 is 23.2 Å². The number of nitrogens with one attached hydrogen (secondary N) is 1. The van der Waals surface area contributed by atoms with Crippen molar-refractivity contribution in [2.75, 3.05) is 19.2 Å². The van der Waals surface area contributed by atoms with E-state index < -0.39 is 5.91 Å². The van der Waals surface area contributed by atoms with Gasteiger partial charge >= 0.3 is 0 Å². The van der Waals surface area contributed by atoms with Crippen molar-refractivity contribution in [1.82, 2.24) is 0 Å². The Morgan fingerprint density at radius 3 is 2.69 bits per heavy atom. The lowest BCUT2D eigenvalue weighted by molar-refractivity contribution is -0.112. The quantitative estimate of drug-likeness (QED) is 0.622. The fraction of sp³-hybridized carbons (Fsp3) is 0.111. The van der Waals surface area contributed by atoms with Crippen LogP contribution in [0.2, 0.25) is 10.0 Å². The van der Waals surface area contributed by atoms with Crippen molar-refractivity contribution in [2.24, 2.45) is 0 Å². The highest BCUT2D eigenvalue weighted by atomic mass is 35.5. The van der Waals surface area contributed by atoms with Crippen LogP contribution in [0.1, 0.15) is 5.56 Å². The molecule has 0 saturated heterocycles. The van der Waals surface area contributed by atoms with Crippen LogP contribution in [0.5, 0.6) is 17.2 Å². The molecule has 1 N–H and O–H groups in total. The number of halogens is 2. The van der Waals surface area contributed by atoms with E-state index in [9.17, 15) is 10.1 Å². The maximum absolute atomic E-state index is 12.4. The number of carbonyl (C=O) groups excluding carboxylic acids is 1. The van der Waals surface area contributed by atoms with Gasteiger partial charge in [0.15, 0.2) is 11.5 Å². The van der Waals surface area contributed by atoms with Gasteiger partial charge < -0.3 is 19.5 Å². The Kier molecular flexibility index (Phi) is 5.21. The molecule has 8 heteroatoms. The molecule has 1 heterocycles. The Balaban J connectivity index is 1.92. The Morgan fingerprint density at radius 1 is 1.31 bits per heavy atom. The normalized spacial score (nSPS) is 12.5. The molecule has 1 aliphatic heterocycles. The SMILES string of the molecule is COc1cc(/C=C(\C#N)C(=O)Nc2c(Cl)cccc2Cl)cc2c1OCO2. The number of hydrogen-bond acceptors (Lipinski definition) is 5. The van der Waals surface area contributed by atoms with Gasteiger partial charge in [-0.15, -0.1) is 0 Å². The number of anilines is 1. The van der Waals surface area contributed by atoms with Gasteiger partial charge in [0.1, 0.15) is 11.6 Å². The van der Waals surface area contributed by atoms with E-state index in [4.69, 9.17) is 37.4 Å². The first-order valence-corrected chi connectivity index (χ1v) is 8.14. The molecule has 2 aromatic rings. The van der Waals surface area contributed by atoms with E-state index in [0.717, 1.165) is 0 Å². The summed E-state index contributed by atoms with van der Waals surface area (Å²) in [5, 5.41) is 12.5. The number of nitrogens with zero attached hydrogens (tertiary/aromatic N) is 1. The minimum absolute atomic E-state index is 0.0788. The van der Waals surface area contributed by atoms with Gasteiger partial charge in [0.25, 0.3) is 5.91 Å². The molecule has 0 unspecified atom stereocenters. The van der Waals surface area contributed by atoms with Crippen LogP contribution in [0, 0.1) is 11.3 Å². The van der Waals surface area contributed by atoms with Gasteiger partial charge in [0, 0.05) is 0 Å². The zero-order valence-corrected chi connectivity index (χ0v) is 15.0. The highest BCUT2D eigenvalue weighted by Gasteiger charge is 2.20. The predicted molar refractivity (Wildman–Crippen MR) is 97.8 cm³/mol. The lowest BCUT2D eigenvalue weighted by Gasteiger charge is -2.09. The molecule has 2 aromatic carbocycles. The van der Waals surface area contributed by atoms with Crippen molar-refractivity contribution in [2.45, 2.75) is 0 Å². The summed E-state index contributed by atoms with van der Waals surface area (Å²) in [6, 6.07) is 9.98. The molecule has 0 aliphatic carbocycles. The summed E-state index contributed by atoms with van der Waals surface area (Å²) in [6.07, 6.45) is 1.41. The maximum Gasteiger partial charge on any atom is 0.266 e. The second-order valence-corrected chi connectivity index (χ2v) is 5.99. The molecular formula is C18H12Cl2N2O4. The van der Waals surface area contributed by atoms with Crippen molar-refractivity contribution in [1.29, 1.82) is 5.26 Å². The summed E-state index contributed by atoms with van der Waals surface area (Å²) in [6.45, 7) is 0.0788. The van der Waals surface area contributed by atoms with E-state index in [2.05, 4.69) is 5.32 Å². The number of carbonyl (C=O) groups is 1. The van der Waals surface area contributed by atoms with Crippen LogP contribution in [0.25, 0.3) is 6.08 Å². The molecule has 0 bridgehead atoms. The molecule has 0 fully saturated rings. The van der Waals surface area contributed by atoms with Gasteiger partial charge in [-0.1, -0.05) is 29.3 Å². The highest BCUT2D eigenvalue weighted by Crippen LogP contribution is 2.42. The van der Waals surface area contributed by atoms with Gasteiger partial charge in [-0.3, -0.25) is 4.79 Å². The van der Waals surface area contributed by atoms with Crippen molar-refractivity contribution in [3.05, 3.63) is 51.5 Å². The number of rotatable bonds is 4. The molecule has 0 spiro atoms. The van der Waals surface area contributed by atoms with Gasteiger partial charge in [-0.25, -0.2) is 0 Å². The smallest absolute Gasteiger partial charge is 0.266 e. The summed E-state index contributed by atoms with van der Waals surface area (Å²) in [4.78, 5) is 12.4. The average Bonchev–Trinajstić information content (AvgIpc) is 3.10. The lowest BCUT2D eigenvalue weighted by atomic mass is 10.1. The molecule has 132 valence electrons. The monoisotopic (exact) mass is 390 g/mol. The van der Waals surface area contributed by atoms with Crippen molar-refractivity contribution >= 4 is 40.9 Å². The Hall–Kier alpha value is -2.88. The van der Waals surface area contributed by atoms with Gasteiger partial charge in [-0.2, -0.15) is 5.26 Å². The molecule has 1 aliphatic rings. The van der Waals surface area contributed by atoms with E-state index in [1.54, 1.807) is 30.3 Å². The predicted octanol–water partition coefficient (Wildman–Crippen LogP) is 4.28. The van der Waals surface area contributed by atoms with E-state index in [1.807, 2.05) is 6.07 Å². The minimum Gasteiger partial charge on any atom is -0.493 e. The van der Waals surface area contributed by atoms with E-state index >= 15 is 0 Å². The third-order valence-electron chi connectivity index (χ3n) is 3.56. The standard InChI is InChI=1S/C18H12Cl2N2O4/c1-24-14-6-10(7-15-17(14)26-9-25-15)5-11(8-21)18(23)22-16-12(19)3-2-4-13(16)20/h2-7H,9H2,1H3,(H,22,23)/b11-5+. The first-order chi connectivity index (χ1) is 12.5. The van der Waals surface area contributed by atoms with E-state index in [-0.39, 0.29) is 28.1 Å². The Morgan fingerprint density at radius 2 is 2.04 bits per heavy atom. The molecule has 0 radical (unpaired) electrons. The number of nitriles is 1. The first kappa shape index (κ1) is 17.9. The molecular weight excluding hydrogens is 379 g/mol. The number of methoxy groups -OCH3 is 1. The number of para-hydroxylation sites is 1. The lowest BCUT2D eigenvalue weighted by Crippen LogP contribution is -2.14. The third-order valence-corrected chi connectivity index (χ3v) is 4.19. The van der Waals surface area contributed by atoms with Crippen LogP contribution in [-0.2, 0) is 4.79 Å². The zero-order valence-electron chi connectivity index (χ0n) is 13.5. The van der Waals surface area contributed by atoms with Crippen molar-refractivity contribution in [3.63, 3.8) is 0 Å². The summed E-state index contributed by atoms with van der Waals surface area (Å²) < 4.78 is 15.9. The fourth-order valence-corrected chi connectivity index (χ4v) is 2.84. The molecule has 0 aromatic heterocycles. The summed E-state index contributed by atoms with van der Waals surface area (Å²) >= 11 is 12.1. The molecule has 1 amide bonds. The van der Waals surface area contributed by atoms with E-state index in [0.29, 0.717) is 22.8 Å². The second-order valence-electron chi connectivity index (χ2n) is 5.18. The molecule has 6 nitrogen and oxygen atoms in total. The Bertz CT molecular complexity index is 931. The number of benzene rings is 2. The first-order valence-electron chi connectivity index (χ1n) is 7.38. The number of fused-ring (bicyclic) bond motifs is 1. The summed E-state index contributed by atoms with van der Waals surface area (Å²) in [5.74, 6) is 0.759. The maximum atomic E-state index is 12.4. The summed E-state index contributed by atoms with van der Waals surface area (Å²) in [5.41, 5.74) is 0.648. The number of ether oxygens (including phenoxy) is 3. The largest absolute Gasteiger partial charge is 0.493 e.